The Morgan fingerprint density at radius 3 is 2.67 bits per heavy atom. The molecule has 0 aromatic carbocycles. The fraction of sp³-hybridized carbons (Fsp3) is 0.923. The van der Waals surface area contributed by atoms with Crippen LogP contribution in [0.25, 0.3) is 0 Å². The van der Waals surface area contributed by atoms with Gasteiger partial charge in [-0.1, -0.05) is 25.4 Å². The maximum Gasteiger partial charge on any atom is 0.144 e. The van der Waals surface area contributed by atoms with Crippen LogP contribution in [0.5, 0.6) is 0 Å². The topological polar surface area (TPSA) is 79.9 Å². The molecule has 0 aromatic heterocycles. The number of rotatable bonds is 8. The van der Waals surface area contributed by atoms with Gasteiger partial charge in [-0.3, -0.25) is 0 Å². The minimum atomic E-state index is -0.216. The van der Waals surface area contributed by atoms with Crippen LogP contribution in [-0.2, 0) is 4.74 Å². The summed E-state index contributed by atoms with van der Waals surface area (Å²) < 4.78 is 5.24. The van der Waals surface area contributed by atoms with Crippen LogP contribution in [0.3, 0.4) is 0 Å². The number of unbranched alkanes of at least 4 members (excludes halogenated alkanes) is 1. The van der Waals surface area contributed by atoms with Crippen molar-refractivity contribution in [2.24, 2.45) is 16.3 Å². The lowest BCUT2D eigenvalue weighted by Crippen LogP contribution is -2.45. The van der Waals surface area contributed by atoms with E-state index in [2.05, 4.69) is 10.5 Å². The van der Waals surface area contributed by atoms with Gasteiger partial charge in [0.15, 0.2) is 0 Å². The summed E-state index contributed by atoms with van der Waals surface area (Å²) in [5, 5.41) is 15.3. The maximum absolute atomic E-state index is 8.67. The van der Waals surface area contributed by atoms with E-state index in [1.54, 1.807) is 7.11 Å². The molecule has 0 spiro atoms. The highest BCUT2D eigenvalue weighted by molar-refractivity contribution is 5.85. The first-order valence-corrected chi connectivity index (χ1v) is 6.74. The third kappa shape index (κ3) is 4.46. The summed E-state index contributed by atoms with van der Waals surface area (Å²) in [5.41, 5.74) is 5.43. The quantitative estimate of drug-likeness (QED) is 0.203. The van der Waals surface area contributed by atoms with Gasteiger partial charge in [0.05, 0.1) is 6.10 Å². The Morgan fingerprint density at radius 2 is 2.11 bits per heavy atom. The number of ether oxygens (including phenoxy) is 1. The molecule has 106 valence electrons. The molecule has 1 aliphatic rings. The first-order chi connectivity index (χ1) is 8.49. The monoisotopic (exact) mass is 257 g/mol. The largest absolute Gasteiger partial charge is 0.409 e. The smallest absolute Gasteiger partial charge is 0.144 e. The Kier molecular flexibility index (Phi) is 5.88. The fourth-order valence-electron chi connectivity index (χ4n) is 2.19. The summed E-state index contributed by atoms with van der Waals surface area (Å²) in [6.07, 6.45) is 5.86. The lowest BCUT2D eigenvalue weighted by Gasteiger charge is -2.34. The molecule has 5 nitrogen and oxygen atoms in total. The van der Waals surface area contributed by atoms with Gasteiger partial charge in [0, 0.05) is 18.6 Å². The van der Waals surface area contributed by atoms with Crippen molar-refractivity contribution in [3.05, 3.63) is 0 Å². The zero-order valence-corrected chi connectivity index (χ0v) is 11.8. The lowest BCUT2D eigenvalue weighted by atomic mass is 9.86. The average molecular weight is 257 g/mol. The van der Waals surface area contributed by atoms with Gasteiger partial charge in [-0.05, 0) is 32.2 Å². The highest BCUT2D eigenvalue weighted by Gasteiger charge is 2.28. The molecular formula is C13H27N3O2. The Balaban J connectivity index is 2.02. The van der Waals surface area contributed by atoms with E-state index in [9.17, 15) is 0 Å². The highest BCUT2D eigenvalue weighted by Crippen LogP contribution is 2.24. The van der Waals surface area contributed by atoms with Crippen LogP contribution in [0.4, 0.5) is 0 Å². The molecule has 1 fully saturated rings. The predicted molar refractivity (Wildman–Crippen MR) is 72.9 cm³/mol. The van der Waals surface area contributed by atoms with E-state index in [0.29, 0.717) is 18.0 Å². The predicted octanol–water partition coefficient (Wildman–Crippen LogP) is 1.70. The number of hydrogen-bond donors (Lipinski definition) is 3. The summed E-state index contributed by atoms with van der Waals surface area (Å²) >= 11 is 0. The number of nitrogens with two attached hydrogens (primary N) is 1. The van der Waals surface area contributed by atoms with Crippen LogP contribution < -0.4 is 11.1 Å². The van der Waals surface area contributed by atoms with Crippen molar-refractivity contribution in [1.29, 1.82) is 0 Å². The second-order valence-corrected chi connectivity index (χ2v) is 5.81. The third-order valence-corrected chi connectivity index (χ3v) is 3.89. The van der Waals surface area contributed by atoms with Crippen molar-refractivity contribution in [2.45, 2.75) is 58.1 Å². The minimum Gasteiger partial charge on any atom is -0.409 e. The average Bonchev–Trinajstić information content (AvgIpc) is 2.29. The van der Waals surface area contributed by atoms with Gasteiger partial charge >= 0.3 is 0 Å². The molecule has 0 unspecified atom stereocenters. The number of nitrogens with one attached hydrogen (secondary N) is 1. The molecule has 1 aliphatic carbocycles. The Morgan fingerprint density at radius 1 is 1.44 bits per heavy atom. The maximum atomic E-state index is 8.67. The van der Waals surface area contributed by atoms with Gasteiger partial charge in [0.2, 0.25) is 0 Å². The zero-order chi connectivity index (χ0) is 13.6. The van der Waals surface area contributed by atoms with Crippen LogP contribution in [-0.4, -0.2) is 36.8 Å². The molecule has 0 bridgehead atoms. The van der Waals surface area contributed by atoms with Crippen molar-refractivity contribution in [1.82, 2.24) is 5.32 Å². The summed E-state index contributed by atoms with van der Waals surface area (Å²) in [7, 11) is 1.77. The summed E-state index contributed by atoms with van der Waals surface area (Å²) in [4.78, 5) is 0. The number of nitrogens with zero attached hydrogens (tertiary/aromatic N) is 1. The third-order valence-electron chi connectivity index (χ3n) is 3.89. The van der Waals surface area contributed by atoms with E-state index in [1.165, 1.54) is 0 Å². The number of hydrogen-bond acceptors (Lipinski definition) is 4. The molecule has 0 saturated heterocycles. The molecule has 0 amide bonds. The SMILES string of the molecule is COC1CC(NCCCCC(C)(C)C(N)=NO)C1. The van der Waals surface area contributed by atoms with Gasteiger partial charge in [-0.25, -0.2) is 0 Å². The van der Waals surface area contributed by atoms with Crippen molar-refractivity contribution in [3.63, 3.8) is 0 Å². The van der Waals surface area contributed by atoms with Gasteiger partial charge in [-0.15, -0.1) is 0 Å². The van der Waals surface area contributed by atoms with Crippen LogP contribution in [0, 0.1) is 5.41 Å². The second-order valence-electron chi connectivity index (χ2n) is 5.81. The zero-order valence-electron chi connectivity index (χ0n) is 11.8. The van der Waals surface area contributed by atoms with Gasteiger partial charge in [-0.2, -0.15) is 0 Å². The van der Waals surface area contributed by atoms with E-state index in [4.69, 9.17) is 15.7 Å². The number of amidine groups is 1. The first kappa shape index (κ1) is 15.2. The van der Waals surface area contributed by atoms with Gasteiger partial charge in [0.25, 0.3) is 0 Å². The highest BCUT2D eigenvalue weighted by atomic mass is 16.5. The Bertz CT molecular complexity index is 273. The van der Waals surface area contributed by atoms with Crippen LogP contribution >= 0.6 is 0 Å². The molecule has 0 heterocycles. The molecule has 1 saturated carbocycles. The molecule has 0 atom stereocenters. The molecule has 1 rings (SSSR count). The van der Waals surface area contributed by atoms with Crippen molar-refractivity contribution in [3.8, 4) is 0 Å². The van der Waals surface area contributed by atoms with Crippen LogP contribution in [0.15, 0.2) is 5.16 Å². The van der Waals surface area contributed by atoms with Crippen molar-refractivity contribution < 1.29 is 9.94 Å². The van der Waals surface area contributed by atoms with E-state index in [1.807, 2.05) is 13.8 Å². The Hall–Kier alpha value is -0.810. The lowest BCUT2D eigenvalue weighted by molar-refractivity contribution is 0.0175. The first-order valence-electron chi connectivity index (χ1n) is 6.74. The molecule has 0 radical (unpaired) electrons. The van der Waals surface area contributed by atoms with E-state index < -0.39 is 0 Å². The Labute approximate surface area is 110 Å². The normalized spacial score (nSPS) is 24.9. The molecule has 5 heteroatoms. The van der Waals surface area contributed by atoms with Crippen molar-refractivity contribution >= 4 is 5.84 Å². The van der Waals surface area contributed by atoms with Gasteiger partial charge in [0.1, 0.15) is 5.84 Å². The van der Waals surface area contributed by atoms with Crippen molar-refractivity contribution in [2.75, 3.05) is 13.7 Å². The van der Waals surface area contributed by atoms with E-state index in [0.717, 1.165) is 38.6 Å². The summed E-state index contributed by atoms with van der Waals surface area (Å²) in [5.74, 6) is 0.317. The molecule has 0 aromatic rings. The van der Waals surface area contributed by atoms with Crippen LogP contribution in [0.2, 0.25) is 0 Å². The number of oxime groups is 1. The second kappa shape index (κ2) is 6.95. The van der Waals surface area contributed by atoms with Gasteiger partial charge < -0.3 is 21.0 Å². The van der Waals surface area contributed by atoms with Crippen LogP contribution in [0.1, 0.15) is 46.0 Å². The van der Waals surface area contributed by atoms with E-state index >= 15 is 0 Å². The number of methoxy groups -OCH3 is 1. The minimum absolute atomic E-state index is 0.216. The molecule has 4 N–H and O–H groups in total. The molecule has 0 aliphatic heterocycles. The standard InChI is InChI=1S/C13H27N3O2/c1-13(2,12(14)16-17)6-4-5-7-15-10-8-11(9-10)18-3/h10-11,15,17H,4-9H2,1-3H3,(H2,14,16). The molecule has 18 heavy (non-hydrogen) atoms. The fourth-order valence-corrected chi connectivity index (χ4v) is 2.19. The molecular weight excluding hydrogens is 230 g/mol. The summed E-state index contributed by atoms with van der Waals surface area (Å²) in [6, 6.07) is 0.632. The van der Waals surface area contributed by atoms with E-state index in [-0.39, 0.29) is 5.41 Å². The summed E-state index contributed by atoms with van der Waals surface area (Å²) in [6.45, 7) is 5.04.